The molecule has 1 unspecified atom stereocenters. The Balaban J connectivity index is 2.67. The van der Waals surface area contributed by atoms with Crippen LogP contribution in [0.15, 0.2) is 30.3 Å². The Morgan fingerprint density at radius 2 is 1.86 bits per heavy atom. The maximum atomic E-state index is 8.97. The maximum absolute atomic E-state index is 8.97. The Hall–Kier alpha value is -0.860. The quantitative estimate of drug-likeness (QED) is 0.750. The standard InChI is InChI=1S/C12H19NO/c1-10(2)13-12(8-9-14)11-6-4-3-5-7-11/h3-7,10,12-14H,8-9H2,1-2H3. The third-order valence-corrected chi connectivity index (χ3v) is 2.15. The summed E-state index contributed by atoms with van der Waals surface area (Å²) in [7, 11) is 0. The van der Waals surface area contributed by atoms with Crippen LogP contribution in [0.1, 0.15) is 31.9 Å². The van der Waals surface area contributed by atoms with E-state index in [1.807, 2.05) is 18.2 Å². The molecule has 0 aliphatic carbocycles. The predicted molar refractivity (Wildman–Crippen MR) is 59.2 cm³/mol. The largest absolute Gasteiger partial charge is 0.396 e. The van der Waals surface area contributed by atoms with Gasteiger partial charge in [0.05, 0.1) is 0 Å². The van der Waals surface area contributed by atoms with Crippen molar-refractivity contribution in [3.63, 3.8) is 0 Å². The lowest BCUT2D eigenvalue weighted by Crippen LogP contribution is -2.28. The second kappa shape index (κ2) is 5.78. The summed E-state index contributed by atoms with van der Waals surface area (Å²) in [4.78, 5) is 0. The van der Waals surface area contributed by atoms with Gasteiger partial charge < -0.3 is 10.4 Å². The molecule has 0 bridgehead atoms. The molecule has 1 rings (SSSR count). The zero-order valence-electron chi connectivity index (χ0n) is 8.90. The second-order valence-electron chi connectivity index (χ2n) is 3.80. The molecule has 2 nitrogen and oxygen atoms in total. The van der Waals surface area contributed by atoms with Crippen molar-refractivity contribution in [2.45, 2.75) is 32.4 Å². The maximum Gasteiger partial charge on any atom is 0.0449 e. The van der Waals surface area contributed by atoms with Crippen LogP contribution in [0.4, 0.5) is 0 Å². The first kappa shape index (κ1) is 11.2. The second-order valence-corrected chi connectivity index (χ2v) is 3.80. The first-order valence-corrected chi connectivity index (χ1v) is 5.16. The summed E-state index contributed by atoms with van der Waals surface area (Å²) in [6, 6.07) is 11.0. The van der Waals surface area contributed by atoms with E-state index in [0.29, 0.717) is 6.04 Å². The van der Waals surface area contributed by atoms with E-state index >= 15 is 0 Å². The van der Waals surface area contributed by atoms with Gasteiger partial charge in [0.15, 0.2) is 0 Å². The fourth-order valence-corrected chi connectivity index (χ4v) is 1.56. The molecule has 0 spiro atoms. The van der Waals surface area contributed by atoms with E-state index in [0.717, 1.165) is 6.42 Å². The lowest BCUT2D eigenvalue weighted by atomic mass is 10.0. The first-order valence-electron chi connectivity index (χ1n) is 5.16. The highest BCUT2D eigenvalue weighted by Crippen LogP contribution is 2.16. The van der Waals surface area contributed by atoms with Crippen molar-refractivity contribution in [2.75, 3.05) is 6.61 Å². The molecule has 1 aromatic rings. The molecule has 2 N–H and O–H groups in total. The minimum Gasteiger partial charge on any atom is -0.396 e. The van der Waals surface area contributed by atoms with E-state index in [4.69, 9.17) is 5.11 Å². The Bertz CT molecular complexity index is 246. The lowest BCUT2D eigenvalue weighted by molar-refractivity contribution is 0.261. The van der Waals surface area contributed by atoms with Gasteiger partial charge >= 0.3 is 0 Å². The molecule has 2 heteroatoms. The predicted octanol–water partition coefficient (Wildman–Crippen LogP) is 2.11. The smallest absolute Gasteiger partial charge is 0.0449 e. The number of aliphatic hydroxyl groups excluding tert-OH is 1. The number of rotatable bonds is 5. The van der Waals surface area contributed by atoms with Crippen molar-refractivity contribution in [3.8, 4) is 0 Å². The highest BCUT2D eigenvalue weighted by molar-refractivity contribution is 5.18. The number of hydrogen-bond donors (Lipinski definition) is 2. The fourth-order valence-electron chi connectivity index (χ4n) is 1.56. The van der Waals surface area contributed by atoms with Crippen LogP contribution in [0, 0.1) is 0 Å². The van der Waals surface area contributed by atoms with Gasteiger partial charge in [0.2, 0.25) is 0 Å². The van der Waals surface area contributed by atoms with Gasteiger partial charge in [0.25, 0.3) is 0 Å². The number of nitrogens with one attached hydrogen (secondary N) is 1. The van der Waals surface area contributed by atoms with Gasteiger partial charge in [-0.05, 0) is 12.0 Å². The average Bonchev–Trinajstić information content (AvgIpc) is 2.18. The lowest BCUT2D eigenvalue weighted by Gasteiger charge is -2.20. The molecule has 0 fully saturated rings. The number of benzene rings is 1. The van der Waals surface area contributed by atoms with Crippen molar-refractivity contribution < 1.29 is 5.11 Å². The van der Waals surface area contributed by atoms with Crippen LogP contribution in [-0.2, 0) is 0 Å². The van der Waals surface area contributed by atoms with E-state index in [1.165, 1.54) is 5.56 Å². The van der Waals surface area contributed by atoms with Gasteiger partial charge in [-0.2, -0.15) is 0 Å². The van der Waals surface area contributed by atoms with Crippen LogP contribution in [0.5, 0.6) is 0 Å². The highest BCUT2D eigenvalue weighted by atomic mass is 16.3. The van der Waals surface area contributed by atoms with E-state index in [1.54, 1.807) is 0 Å². The minimum atomic E-state index is 0.222. The molecule has 0 aromatic heterocycles. The normalized spacial score (nSPS) is 13.1. The monoisotopic (exact) mass is 193 g/mol. The first-order chi connectivity index (χ1) is 6.74. The molecular weight excluding hydrogens is 174 g/mol. The molecule has 14 heavy (non-hydrogen) atoms. The van der Waals surface area contributed by atoms with Crippen LogP contribution in [0.3, 0.4) is 0 Å². The molecule has 0 aliphatic heterocycles. The zero-order valence-corrected chi connectivity index (χ0v) is 8.90. The van der Waals surface area contributed by atoms with Crippen molar-refractivity contribution in [1.82, 2.24) is 5.32 Å². The topological polar surface area (TPSA) is 32.3 Å². The molecule has 0 saturated heterocycles. The summed E-state index contributed by atoms with van der Waals surface area (Å²) in [6.45, 7) is 4.46. The number of hydrogen-bond acceptors (Lipinski definition) is 2. The average molecular weight is 193 g/mol. The summed E-state index contributed by atoms with van der Waals surface area (Å²) in [5, 5.41) is 12.4. The molecule has 0 amide bonds. The Kier molecular flexibility index (Phi) is 4.63. The van der Waals surface area contributed by atoms with Crippen LogP contribution < -0.4 is 5.32 Å². The molecule has 0 heterocycles. The SMILES string of the molecule is CC(C)NC(CCO)c1ccccc1. The van der Waals surface area contributed by atoms with Crippen molar-refractivity contribution in [2.24, 2.45) is 0 Å². The van der Waals surface area contributed by atoms with Gasteiger partial charge in [-0.3, -0.25) is 0 Å². The Morgan fingerprint density at radius 3 is 2.36 bits per heavy atom. The minimum absolute atomic E-state index is 0.222. The molecule has 1 atom stereocenters. The zero-order chi connectivity index (χ0) is 10.4. The third-order valence-electron chi connectivity index (χ3n) is 2.15. The summed E-state index contributed by atoms with van der Waals surface area (Å²) >= 11 is 0. The molecule has 0 saturated carbocycles. The molecule has 78 valence electrons. The third kappa shape index (κ3) is 3.48. The van der Waals surface area contributed by atoms with E-state index in [-0.39, 0.29) is 12.6 Å². The van der Waals surface area contributed by atoms with Gasteiger partial charge in [0, 0.05) is 18.7 Å². The van der Waals surface area contributed by atoms with Crippen LogP contribution >= 0.6 is 0 Å². The van der Waals surface area contributed by atoms with E-state index in [2.05, 4.69) is 31.3 Å². The Morgan fingerprint density at radius 1 is 1.21 bits per heavy atom. The van der Waals surface area contributed by atoms with Gasteiger partial charge in [-0.25, -0.2) is 0 Å². The fraction of sp³-hybridized carbons (Fsp3) is 0.500. The van der Waals surface area contributed by atoms with Gasteiger partial charge in [-0.15, -0.1) is 0 Å². The van der Waals surface area contributed by atoms with Crippen molar-refractivity contribution in [3.05, 3.63) is 35.9 Å². The summed E-state index contributed by atoms with van der Waals surface area (Å²) in [5.41, 5.74) is 1.25. The summed E-state index contributed by atoms with van der Waals surface area (Å²) in [5.74, 6) is 0. The molecule has 0 radical (unpaired) electrons. The van der Waals surface area contributed by atoms with Gasteiger partial charge in [-0.1, -0.05) is 44.2 Å². The van der Waals surface area contributed by atoms with Crippen molar-refractivity contribution in [1.29, 1.82) is 0 Å². The molecule has 1 aromatic carbocycles. The van der Waals surface area contributed by atoms with Crippen molar-refractivity contribution >= 4 is 0 Å². The summed E-state index contributed by atoms with van der Waals surface area (Å²) < 4.78 is 0. The molecule has 0 aliphatic rings. The molecular formula is C12H19NO. The summed E-state index contributed by atoms with van der Waals surface area (Å²) in [6.07, 6.45) is 0.766. The van der Waals surface area contributed by atoms with Crippen LogP contribution in [-0.4, -0.2) is 17.8 Å². The van der Waals surface area contributed by atoms with Crippen LogP contribution in [0.2, 0.25) is 0 Å². The van der Waals surface area contributed by atoms with E-state index < -0.39 is 0 Å². The van der Waals surface area contributed by atoms with Crippen LogP contribution in [0.25, 0.3) is 0 Å². The number of aliphatic hydroxyl groups is 1. The highest BCUT2D eigenvalue weighted by Gasteiger charge is 2.10. The Labute approximate surface area is 86.0 Å². The van der Waals surface area contributed by atoms with E-state index in [9.17, 15) is 0 Å². The van der Waals surface area contributed by atoms with Gasteiger partial charge in [0.1, 0.15) is 0 Å².